The second-order valence-electron chi connectivity index (χ2n) is 18.1. The zero-order valence-electron chi connectivity index (χ0n) is 35.4. The molecule has 0 unspecified atom stereocenters. The van der Waals surface area contributed by atoms with E-state index in [9.17, 15) is 20.1 Å². The van der Waals surface area contributed by atoms with Crippen molar-refractivity contribution in [3.63, 3.8) is 0 Å². The average Bonchev–Trinajstić information content (AvgIpc) is 3.98. The van der Waals surface area contributed by atoms with Gasteiger partial charge in [-0.25, -0.2) is 0 Å². The van der Waals surface area contributed by atoms with Gasteiger partial charge in [-0.2, -0.15) is 0 Å². The number of carbonyl (C=O) groups excluding carboxylic acids is 1. The molecule has 6 N–H and O–H groups in total. The zero-order chi connectivity index (χ0) is 41.5. The number of ketones is 1. The number of hydrogen-bond donors (Lipinski definition) is 6. The van der Waals surface area contributed by atoms with Crippen LogP contribution in [0.3, 0.4) is 0 Å². The number of nitrogens with one attached hydrogen (secondary N) is 3. The van der Waals surface area contributed by atoms with E-state index in [1.807, 2.05) is 37.4 Å². The Kier molecular flexibility index (Phi) is 13.8. The van der Waals surface area contributed by atoms with E-state index in [0.29, 0.717) is 55.4 Å². The summed E-state index contributed by atoms with van der Waals surface area (Å²) in [5.41, 5.74) is 0.972. The van der Waals surface area contributed by atoms with Gasteiger partial charge in [-0.05, 0) is 136 Å². The number of phenolic OH excluding ortho intramolecular Hbond substituents is 2. The normalized spacial score (nSPS) is 28.9. The van der Waals surface area contributed by atoms with Crippen molar-refractivity contribution in [2.24, 2.45) is 22.2 Å². The Hall–Kier alpha value is -4.24. The Morgan fingerprint density at radius 2 is 1.80 bits per heavy atom. The number of benzene rings is 2. The molecule has 2 aromatic rings. The number of likely N-dealkylation sites (N-methyl/N-ethyl adjacent to an activating group) is 1. The van der Waals surface area contributed by atoms with Crippen LogP contribution >= 0.6 is 0 Å². The maximum atomic E-state index is 14.7. The molecule has 7 rings (SSSR count). The molecule has 0 radical (unpaired) electrons. The molecular weight excluding hydrogens is 745 g/mol. The molecule has 0 amide bonds. The van der Waals surface area contributed by atoms with E-state index >= 15 is 0 Å². The van der Waals surface area contributed by atoms with Crippen molar-refractivity contribution < 1.29 is 34.3 Å². The number of fused-ring (bicyclic) bond motifs is 4. The van der Waals surface area contributed by atoms with Crippen LogP contribution in [-0.4, -0.2) is 72.8 Å². The molecule has 5 atom stereocenters. The van der Waals surface area contributed by atoms with E-state index in [0.717, 1.165) is 101 Å². The van der Waals surface area contributed by atoms with E-state index in [-0.39, 0.29) is 40.6 Å². The number of allylic oxidation sites excluding steroid dienone is 2. The van der Waals surface area contributed by atoms with Gasteiger partial charge in [0.05, 0.1) is 18.9 Å². The maximum Gasteiger partial charge on any atom is 0.207 e. The van der Waals surface area contributed by atoms with Gasteiger partial charge in [0, 0.05) is 37.9 Å². The predicted molar refractivity (Wildman–Crippen MR) is 231 cm³/mol. The molecule has 11 nitrogen and oxygen atoms in total. The fourth-order valence-electron chi connectivity index (χ4n) is 11.1. The summed E-state index contributed by atoms with van der Waals surface area (Å²) in [5.74, 6) is 4.96. The number of nitrogens with zero attached hydrogens (tertiary/aromatic N) is 1. The molecule has 4 saturated carbocycles. The Bertz CT molecular complexity index is 1910. The van der Waals surface area contributed by atoms with Crippen molar-refractivity contribution in [2.45, 2.75) is 145 Å². The fraction of sp³-hybridized carbons (Fsp3) is 0.625. The topological polar surface area (TPSA) is 154 Å². The Balaban J connectivity index is 1.20. The molecule has 59 heavy (non-hydrogen) atoms. The molecule has 2 bridgehead atoms. The van der Waals surface area contributed by atoms with Crippen molar-refractivity contribution in [1.29, 1.82) is 0 Å². The molecule has 1 aliphatic heterocycles. The Labute approximate surface area is 350 Å². The number of aliphatic hydroxyl groups is 1. The molecule has 11 heteroatoms. The molecule has 4 aliphatic carbocycles. The summed E-state index contributed by atoms with van der Waals surface area (Å²) in [4.78, 5) is 19.1. The molecule has 1 spiro atoms. The number of aliphatic imine (C=N–C) groups is 1. The maximum absolute atomic E-state index is 14.7. The summed E-state index contributed by atoms with van der Waals surface area (Å²) in [6, 6.07) is 12.5. The molecule has 5 aliphatic rings. The van der Waals surface area contributed by atoms with Crippen LogP contribution < -0.4 is 25.4 Å². The first-order valence-electron chi connectivity index (χ1n) is 22.2. The minimum Gasteiger partial charge on any atom is -0.504 e. The third kappa shape index (κ3) is 9.71. The minimum atomic E-state index is -0.795. The van der Waals surface area contributed by atoms with Crippen molar-refractivity contribution in [2.75, 3.05) is 33.1 Å². The highest BCUT2D eigenvalue weighted by atomic mass is 16.6. The molecule has 0 aromatic heterocycles. The average molecular weight is 811 g/mol. The first kappa shape index (κ1) is 42.9. The monoisotopic (exact) mass is 810 g/mol. The number of aliphatic hydroxyl groups excluding tert-OH is 1. The van der Waals surface area contributed by atoms with Crippen molar-refractivity contribution in [1.82, 2.24) is 10.6 Å². The lowest BCUT2D eigenvalue weighted by atomic mass is 9.68. The van der Waals surface area contributed by atoms with E-state index in [2.05, 4.69) is 39.0 Å². The van der Waals surface area contributed by atoms with Crippen LogP contribution in [-0.2, 0) is 21.4 Å². The number of hydrogen-bond acceptors (Lipinski definition) is 9. The molecule has 2 aromatic carbocycles. The first-order valence-corrected chi connectivity index (χ1v) is 22.2. The number of rotatable bonds is 11. The second-order valence-corrected chi connectivity index (χ2v) is 18.1. The number of ether oxygens (including phenoxy) is 3. The quantitative estimate of drug-likeness (QED) is 0.0748. The molecule has 0 saturated heterocycles. The third-order valence-corrected chi connectivity index (χ3v) is 14.3. The number of phenols is 2. The van der Waals surface area contributed by atoms with E-state index in [1.54, 1.807) is 20.2 Å². The van der Waals surface area contributed by atoms with E-state index in [4.69, 9.17) is 14.2 Å². The summed E-state index contributed by atoms with van der Waals surface area (Å²) in [6.07, 6.45) is 20.1. The van der Waals surface area contributed by atoms with Gasteiger partial charge in [-0.1, -0.05) is 56.6 Å². The number of carbonyl (C=O) groups is 1. The standard InChI is InChI=1S/C48H66N4O7/c1-49-32-47(24-19-34(30-47)27-43(55)58-37-14-5-4-6-15-37)59-41-29-36-28-38(44(41)56)52-45(50-2)51-25-11-13-35-12-9-23-48(35,31-33-17-18-39(53)40(26-33)57-3)42(54)16-10-22-46(36)20-7-8-21-46/h10,16-18,26,28-29,34-35,37,43,49,53,55-56H,4-9,12-15,19-24,27,30-32H2,1-3H3,(H2,50,51,52)/b16-10+/t34-,35+,43-,47-,48+/m1/s1. The Morgan fingerprint density at radius 1 is 0.983 bits per heavy atom. The zero-order valence-corrected chi connectivity index (χ0v) is 35.4. The van der Waals surface area contributed by atoms with Crippen LogP contribution in [0.4, 0.5) is 5.69 Å². The minimum absolute atomic E-state index is 0.00541. The number of anilines is 1. The van der Waals surface area contributed by atoms with Gasteiger partial charge in [0.25, 0.3) is 0 Å². The van der Waals surface area contributed by atoms with E-state index < -0.39 is 17.3 Å². The lowest BCUT2D eigenvalue weighted by molar-refractivity contribution is -0.152. The van der Waals surface area contributed by atoms with Gasteiger partial charge in [0.15, 0.2) is 35.1 Å². The van der Waals surface area contributed by atoms with Crippen LogP contribution in [0.2, 0.25) is 0 Å². The van der Waals surface area contributed by atoms with Crippen molar-refractivity contribution >= 4 is 17.4 Å². The van der Waals surface area contributed by atoms with Gasteiger partial charge >= 0.3 is 0 Å². The lowest BCUT2D eigenvalue weighted by Crippen LogP contribution is -2.43. The first-order chi connectivity index (χ1) is 28.6. The smallest absolute Gasteiger partial charge is 0.207 e. The number of methoxy groups -OCH3 is 1. The molecule has 320 valence electrons. The van der Waals surface area contributed by atoms with Gasteiger partial charge in [0.2, 0.25) is 5.96 Å². The summed E-state index contributed by atoms with van der Waals surface area (Å²) < 4.78 is 18.6. The summed E-state index contributed by atoms with van der Waals surface area (Å²) in [6.45, 7) is 0.587. The highest BCUT2D eigenvalue weighted by Gasteiger charge is 2.48. The number of guanidine groups is 1. The third-order valence-electron chi connectivity index (χ3n) is 14.3. The van der Waals surface area contributed by atoms with Crippen LogP contribution in [0.1, 0.15) is 127 Å². The predicted octanol–water partition coefficient (Wildman–Crippen LogP) is 8.01. The molecular formula is C48H66N4O7. The molecule has 1 heterocycles. The van der Waals surface area contributed by atoms with Crippen molar-refractivity contribution in [3.8, 4) is 35.0 Å². The highest BCUT2D eigenvalue weighted by molar-refractivity contribution is 5.97. The number of aromatic hydroxyl groups is 2. The Morgan fingerprint density at radius 3 is 2.56 bits per heavy atom. The van der Waals surface area contributed by atoms with Gasteiger partial charge in [-0.15, -0.1) is 0 Å². The van der Waals surface area contributed by atoms with E-state index in [1.165, 1.54) is 6.42 Å². The van der Waals surface area contributed by atoms with Crippen LogP contribution in [0, 0.1) is 29.2 Å². The lowest BCUT2D eigenvalue weighted by Gasteiger charge is -2.34. The van der Waals surface area contributed by atoms with Gasteiger partial charge in [0.1, 0.15) is 5.60 Å². The fourth-order valence-corrected chi connectivity index (χ4v) is 11.1. The van der Waals surface area contributed by atoms with Crippen LogP contribution in [0.15, 0.2) is 47.5 Å². The summed E-state index contributed by atoms with van der Waals surface area (Å²) in [7, 11) is 5.14. The second kappa shape index (κ2) is 19.0. The summed E-state index contributed by atoms with van der Waals surface area (Å²) >= 11 is 0. The largest absolute Gasteiger partial charge is 0.504 e. The summed E-state index contributed by atoms with van der Waals surface area (Å²) in [5, 5.41) is 43.1. The van der Waals surface area contributed by atoms with Gasteiger partial charge in [-0.3, -0.25) is 15.1 Å². The van der Waals surface area contributed by atoms with Crippen LogP contribution in [0.25, 0.3) is 0 Å². The van der Waals surface area contributed by atoms with Gasteiger partial charge < -0.3 is 40.2 Å². The van der Waals surface area contributed by atoms with Crippen LogP contribution in [0.5, 0.6) is 23.0 Å². The van der Waals surface area contributed by atoms with Crippen molar-refractivity contribution in [3.05, 3.63) is 53.6 Å². The highest BCUT2D eigenvalue weighted by Crippen LogP contribution is 2.52. The SMILES string of the molecule is CN=C1NC#CC[C@@H]2CCC[C@@]2(Cc2ccc(O)c(OC)c2)C(=O)/C=C/CC2(CCCC2)c2cc(c(O)c(O[C@]3(CNC)CC[C@H](C[C@H](O)OC4CCCCC4)C3)c2)N1. The molecule has 4 fully saturated rings.